The lowest BCUT2D eigenvalue weighted by Gasteiger charge is -2.12. The third-order valence-corrected chi connectivity index (χ3v) is 5.81. The number of thiazole rings is 1. The van der Waals surface area contributed by atoms with Crippen LogP contribution in [0.5, 0.6) is 5.75 Å². The van der Waals surface area contributed by atoms with E-state index in [1.165, 1.54) is 23.5 Å². The number of carbonyl (C=O) groups excluding carboxylic acids is 1. The summed E-state index contributed by atoms with van der Waals surface area (Å²) in [6.45, 7) is 3.83. The van der Waals surface area contributed by atoms with E-state index < -0.39 is 6.36 Å². The zero-order valence-corrected chi connectivity index (χ0v) is 18.6. The quantitative estimate of drug-likeness (QED) is 0.359. The Hall–Kier alpha value is -3.59. The van der Waals surface area contributed by atoms with Crippen molar-refractivity contribution in [2.75, 3.05) is 5.32 Å². The molecule has 9 heteroatoms. The summed E-state index contributed by atoms with van der Waals surface area (Å²) in [7, 11) is 0. The molecule has 0 saturated heterocycles. The molecular formula is C24H20F3N3O2S. The number of carbonyl (C=O) groups is 1. The number of hydrogen-bond donors (Lipinski definition) is 1. The van der Waals surface area contributed by atoms with Crippen molar-refractivity contribution in [2.45, 2.75) is 26.6 Å². The number of anilines is 1. The largest absolute Gasteiger partial charge is 0.573 e. The molecule has 0 unspecified atom stereocenters. The van der Waals surface area contributed by atoms with Crippen LogP contribution < -0.4 is 10.1 Å². The maximum atomic E-state index is 12.4. The van der Waals surface area contributed by atoms with Gasteiger partial charge >= 0.3 is 6.36 Å². The van der Waals surface area contributed by atoms with E-state index in [9.17, 15) is 18.0 Å². The van der Waals surface area contributed by atoms with Gasteiger partial charge in [-0.3, -0.25) is 4.79 Å². The van der Waals surface area contributed by atoms with E-state index in [0.717, 1.165) is 28.3 Å². The summed E-state index contributed by atoms with van der Waals surface area (Å²) in [5.41, 5.74) is 4.89. The highest BCUT2D eigenvalue weighted by Gasteiger charge is 2.31. The lowest BCUT2D eigenvalue weighted by molar-refractivity contribution is -0.274. The van der Waals surface area contributed by atoms with Gasteiger partial charge in [-0.25, -0.2) is 4.98 Å². The lowest BCUT2D eigenvalue weighted by atomic mass is 10.2. The standard InChI is InChI=1S/C24H20F3N3O2S/c1-15-12-20(16(2)30(15)18-8-10-19(11-9-18)32-24(25,26)27)21-14-33-23(29-21)13-22(31)28-17-6-4-3-5-7-17/h3-12,14H,13H2,1-2H3,(H,28,31). The first-order valence-electron chi connectivity index (χ1n) is 10.0. The summed E-state index contributed by atoms with van der Waals surface area (Å²) in [4.78, 5) is 16.9. The zero-order chi connectivity index (χ0) is 23.6. The van der Waals surface area contributed by atoms with Gasteiger partial charge in [0.15, 0.2) is 0 Å². The Morgan fingerprint density at radius 1 is 1.09 bits per heavy atom. The second kappa shape index (κ2) is 9.11. The summed E-state index contributed by atoms with van der Waals surface area (Å²) >= 11 is 1.41. The van der Waals surface area contributed by atoms with Crippen LogP contribution >= 0.6 is 11.3 Å². The molecule has 0 aliphatic heterocycles. The number of rotatable bonds is 6. The van der Waals surface area contributed by atoms with Crippen molar-refractivity contribution >= 4 is 22.9 Å². The van der Waals surface area contributed by atoms with Crippen molar-refractivity contribution in [3.8, 4) is 22.7 Å². The molecule has 0 aliphatic carbocycles. The van der Waals surface area contributed by atoms with Gasteiger partial charge in [-0.1, -0.05) is 18.2 Å². The number of alkyl halides is 3. The maximum Gasteiger partial charge on any atom is 0.573 e. The van der Waals surface area contributed by atoms with Crippen LogP contribution in [-0.2, 0) is 11.2 Å². The Morgan fingerprint density at radius 2 is 1.79 bits per heavy atom. The third kappa shape index (κ3) is 5.43. The minimum atomic E-state index is -4.73. The first kappa shape index (κ1) is 22.6. The van der Waals surface area contributed by atoms with E-state index in [4.69, 9.17) is 0 Å². The van der Waals surface area contributed by atoms with Crippen molar-refractivity contribution in [1.29, 1.82) is 0 Å². The molecule has 1 amide bonds. The van der Waals surface area contributed by atoms with E-state index in [2.05, 4.69) is 15.0 Å². The zero-order valence-electron chi connectivity index (χ0n) is 17.8. The van der Waals surface area contributed by atoms with Crippen LogP contribution in [0.1, 0.15) is 16.4 Å². The van der Waals surface area contributed by atoms with Crippen LogP contribution in [0.3, 0.4) is 0 Å². The summed E-state index contributed by atoms with van der Waals surface area (Å²) < 4.78 is 43.1. The van der Waals surface area contributed by atoms with Crippen LogP contribution in [0.15, 0.2) is 66.0 Å². The molecule has 0 spiro atoms. The number of aryl methyl sites for hydroxylation is 1. The first-order chi connectivity index (χ1) is 15.7. The van der Waals surface area contributed by atoms with Crippen LogP contribution in [0.2, 0.25) is 0 Å². The number of nitrogens with zero attached hydrogens (tertiary/aromatic N) is 2. The van der Waals surface area contributed by atoms with Gasteiger partial charge in [0.2, 0.25) is 5.91 Å². The van der Waals surface area contributed by atoms with Crippen LogP contribution in [0.4, 0.5) is 18.9 Å². The minimum absolute atomic E-state index is 0.145. The number of halogens is 3. The first-order valence-corrected chi connectivity index (χ1v) is 10.9. The Bertz CT molecular complexity index is 1260. The molecule has 0 atom stereocenters. The average Bonchev–Trinajstić information content (AvgIpc) is 3.32. The number of benzene rings is 2. The molecule has 0 fully saturated rings. The Morgan fingerprint density at radius 3 is 2.45 bits per heavy atom. The molecule has 2 aromatic carbocycles. The number of hydrogen-bond acceptors (Lipinski definition) is 4. The van der Waals surface area contributed by atoms with E-state index in [1.54, 1.807) is 12.1 Å². The summed E-state index contributed by atoms with van der Waals surface area (Å²) in [6.07, 6.45) is -4.56. The highest BCUT2D eigenvalue weighted by Crippen LogP contribution is 2.31. The molecule has 4 aromatic rings. The van der Waals surface area contributed by atoms with Crippen LogP contribution in [0.25, 0.3) is 16.9 Å². The van der Waals surface area contributed by atoms with Gasteiger partial charge < -0.3 is 14.6 Å². The van der Waals surface area contributed by atoms with Crippen molar-refractivity contribution in [3.63, 3.8) is 0 Å². The normalized spacial score (nSPS) is 11.4. The molecule has 0 bridgehead atoms. The van der Waals surface area contributed by atoms with Crippen molar-refractivity contribution < 1.29 is 22.7 Å². The van der Waals surface area contributed by atoms with E-state index in [-0.39, 0.29) is 18.1 Å². The lowest BCUT2D eigenvalue weighted by Crippen LogP contribution is -2.17. The van der Waals surface area contributed by atoms with E-state index in [0.29, 0.717) is 10.7 Å². The molecule has 2 heterocycles. The highest BCUT2D eigenvalue weighted by molar-refractivity contribution is 7.10. The molecule has 1 N–H and O–H groups in total. The number of nitrogens with one attached hydrogen (secondary N) is 1. The van der Waals surface area contributed by atoms with Gasteiger partial charge in [0.05, 0.1) is 12.1 Å². The summed E-state index contributed by atoms with van der Waals surface area (Å²) in [5.74, 6) is -0.416. The molecule has 33 heavy (non-hydrogen) atoms. The molecular weight excluding hydrogens is 451 g/mol. The molecule has 0 radical (unpaired) electrons. The number of ether oxygens (including phenoxy) is 1. The maximum absolute atomic E-state index is 12.4. The van der Waals surface area contributed by atoms with E-state index >= 15 is 0 Å². The van der Waals surface area contributed by atoms with Crippen LogP contribution in [0, 0.1) is 13.8 Å². The smallest absolute Gasteiger partial charge is 0.406 e. The predicted molar refractivity (Wildman–Crippen MR) is 122 cm³/mol. The van der Waals surface area contributed by atoms with Gasteiger partial charge in [-0.05, 0) is 56.3 Å². The summed E-state index contributed by atoms with van der Waals surface area (Å²) in [6, 6.07) is 16.9. The number of aromatic nitrogens is 2. The number of amides is 1. The van der Waals surface area contributed by atoms with Crippen molar-refractivity contribution in [1.82, 2.24) is 9.55 Å². The molecule has 2 aromatic heterocycles. The van der Waals surface area contributed by atoms with Gasteiger partial charge in [-0.15, -0.1) is 24.5 Å². The molecule has 0 aliphatic rings. The SMILES string of the molecule is Cc1cc(-c2csc(CC(=O)Nc3ccccc3)n2)c(C)n1-c1ccc(OC(F)(F)F)cc1. The number of para-hydroxylation sites is 1. The average molecular weight is 472 g/mol. The van der Waals surface area contributed by atoms with Gasteiger partial charge in [0.25, 0.3) is 0 Å². The predicted octanol–water partition coefficient (Wildman–Crippen LogP) is 6.30. The fraction of sp³-hybridized carbons (Fsp3) is 0.167. The topological polar surface area (TPSA) is 56.2 Å². The second-order valence-electron chi connectivity index (χ2n) is 7.38. The molecule has 4 rings (SSSR count). The minimum Gasteiger partial charge on any atom is -0.406 e. The van der Waals surface area contributed by atoms with Crippen LogP contribution in [-0.4, -0.2) is 21.8 Å². The molecule has 5 nitrogen and oxygen atoms in total. The third-order valence-electron chi connectivity index (χ3n) is 4.96. The van der Waals surface area contributed by atoms with Gasteiger partial charge in [-0.2, -0.15) is 0 Å². The summed E-state index contributed by atoms with van der Waals surface area (Å²) in [5, 5.41) is 5.44. The second-order valence-corrected chi connectivity index (χ2v) is 8.32. The Labute approximate surface area is 192 Å². The van der Waals surface area contributed by atoms with Gasteiger partial charge in [0.1, 0.15) is 10.8 Å². The van der Waals surface area contributed by atoms with Gasteiger partial charge in [0, 0.05) is 33.7 Å². The molecule has 170 valence electrons. The fourth-order valence-electron chi connectivity index (χ4n) is 3.60. The van der Waals surface area contributed by atoms with Crippen molar-refractivity contribution in [2.24, 2.45) is 0 Å². The Balaban J connectivity index is 1.51. The van der Waals surface area contributed by atoms with Crippen molar-refractivity contribution in [3.05, 3.63) is 82.4 Å². The molecule has 0 saturated carbocycles. The fourth-order valence-corrected chi connectivity index (χ4v) is 4.39. The monoisotopic (exact) mass is 471 g/mol. The highest BCUT2D eigenvalue weighted by atomic mass is 32.1. The Kier molecular flexibility index (Phi) is 6.24. The van der Waals surface area contributed by atoms with E-state index in [1.807, 2.05) is 60.2 Å².